The Labute approximate surface area is 197 Å². The topological polar surface area (TPSA) is 56.9 Å². The van der Waals surface area contributed by atoms with E-state index in [2.05, 4.69) is 88.4 Å². The number of nitrogens with zero attached hydrogens (tertiary/aromatic N) is 2. The van der Waals surface area contributed by atoms with Crippen LogP contribution in [0.15, 0.2) is 114 Å². The third kappa shape index (κ3) is 3.50. The van der Waals surface area contributed by atoms with Crippen LogP contribution in [-0.4, -0.2) is 15.4 Å². The molecule has 34 heavy (non-hydrogen) atoms. The van der Waals surface area contributed by atoms with Crippen LogP contribution in [0.5, 0.6) is 0 Å². The SMILES string of the molecule is N=C(/N=c1\[nH]cccc1C1=CCCC=C1)c1cccc(-n2c3ccccc3c3ccccc32)c1. The number of aromatic nitrogens is 2. The molecule has 3 aromatic carbocycles. The van der Waals surface area contributed by atoms with Crippen LogP contribution in [0.3, 0.4) is 0 Å². The van der Waals surface area contributed by atoms with Crippen molar-refractivity contribution in [2.45, 2.75) is 12.8 Å². The van der Waals surface area contributed by atoms with Gasteiger partial charge in [0.25, 0.3) is 0 Å². The van der Waals surface area contributed by atoms with Gasteiger partial charge in [0.15, 0.2) is 5.84 Å². The lowest BCUT2D eigenvalue weighted by atomic mass is 10.0. The van der Waals surface area contributed by atoms with Crippen LogP contribution in [0.25, 0.3) is 33.1 Å². The highest BCUT2D eigenvalue weighted by Gasteiger charge is 2.12. The van der Waals surface area contributed by atoms with Gasteiger partial charge in [0.05, 0.1) is 11.0 Å². The van der Waals surface area contributed by atoms with E-state index < -0.39 is 0 Å². The van der Waals surface area contributed by atoms with Gasteiger partial charge in [-0.3, -0.25) is 5.41 Å². The maximum Gasteiger partial charge on any atom is 0.154 e. The zero-order valence-corrected chi connectivity index (χ0v) is 18.7. The molecular weight excluding hydrogens is 416 g/mol. The van der Waals surface area contributed by atoms with Crippen LogP contribution in [0.1, 0.15) is 24.0 Å². The summed E-state index contributed by atoms with van der Waals surface area (Å²) < 4.78 is 2.26. The van der Waals surface area contributed by atoms with Crippen molar-refractivity contribution in [1.82, 2.24) is 9.55 Å². The summed E-state index contributed by atoms with van der Waals surface area (Å²) in [5.74, 6) is 0.228. The van der Waals surface area contributed by atoms with Crippen LogP contribution in [0.4, 0.5) is 0 Å². The zero-order chi connectivity index (χ0) is 22.9. The van der Waals surface area contributed by atoms with E-state index in [0.717, 1.165) is 46.3 Å². The number of pyridine rings is 1. The number of hydrogen-bond acceptors (Lipinski definition) is 1. The minimum atomic E-state index is 0.228. The third-order valence-corrected chi connectivity index (χ3v) is 6.32. The summed E-state index contributed by atoms with van der Waals surface area (Å²) >= 11 is 0. The van der Waals surface area contributed by atoms with Gasteiger partial charge in [0, 0.05) is 33.8 Å². The van der Waals surface area contributed by atoms with Crippen LogP contribution in [0, 0.1) is 5.41 Å². The van der Waals surface area contributed by atoms with Crippen LogP contribution in [0.2, 0.25) is 0 Å². The molecule has 2 aromatic heterocycles. The lowest BCUT2D eigenvalue weighted by molar-refractivity contribution is 1.04. The molecule has 0 unspecified atom stereocenters. The van der Waals surface area contributed by atoms with Crippen molar-refractivity contribution >= 4 is 33.2 Å². The minimum absolute atomic E-state index is 0.228. The van der Waals surface area contributed by atoms with Crippen molar-refractivity contribution in [1.29, 1.82) is 5.41 Å². The maximum atomic E-state index is 8.79. The highest BCUT2D eigenvalue weighted by molar-refractivity contribution is 6.09. The highest BCUT2D eigenvalue weighted by atomic mass is 15.0. The second-order valence-electron chi connectivity index (χ2n) is 8.45. The number of fused-ring (bicyclic) bond motifs is 3. The Hall–Kier alpha value is -4.44. The predicted molar refractivity (Wildman–Crippen MR) is 140 cm³/mol. The molecule has 0 saturated carbocycles. The number of nitrogens with one attached hydrogen (secondary N) is 2. The molecule has 2 heterocycles. The van der Waals surface area contributed by atoms with E-state index in [-0.39, 0.29) is 5.84 Å². The van der Waals surface area contributed by atoms with Crippen LogP contribution < -0.4 is 5.49 Å². The number of rotatable bonds is 3. The molecule has 0 saturated heterocycles. The van der Waals surface area contributed by atoms with Gasteiger partial charge in [-0.05, 0) is 54.8 Å². The Morgan fingerprint density at radius 2 is 1.59 bits per heavy atom. The average Bonchev–Trinajstić information content (AvgIpc) is 3.24. The van der Waals surface area contributed by atoms with E-state index in [4.69, 9.17) is 10.4 Å². The number of para-hydroxylation sites is 2. The molecule has 0 fully saturated rings. The Balaban J connectivity index is 1.46. The van der Waals surface area contributed by atoms with Gasteiger partial charge in [-0.15, -0.1) is 0 Å². The summed E-state index contributed by atoms with van der Waals surface area (Å²) in [5.41, 5.74) is 6.96. The molecule has 1 aliphatic carbocycles. The third-order valence-electron chi connectivity index (χ3n) is 6.32. The smallest absolute Gasteiger partial charge is 0.154 e. The Kier molecular flexibility index (Phi) is 5.04. The zero-order valence-electron chi connectivity index (χ0n) is 18.7. The maximum absolute atomic E-state index is 8.79. The molecule has 4 nitrogen and oxygen atoms in total. The summed E-state index contributed by atoms with van der Waals surface area (Å²) in [7, 11) is 0. The fraction of sp³-hybridized carbons (Fsp3) is 0.0667. The molecule has 0 bridgehead atoms. The highest BCUT2D eigenvalue weighted by Crippen LogP contribution is 2.31. The van der Waals surface area contributed by atoms with E-state index in [9.17, 15) is 0 Å². The number of amidine groups is 1. The number of hydrogen-bond donors (Lipinski definition) is 2. The molecule has 0 aliphatic heterocycles. The van der Waals surface area contributed by atoms with E-state index in [1.807, 2.05) is 30.5 Å². The first-order valence-electron chi connectivity index (χ1n) is 11.6. The van der Waals surface area contributed by atoms with Crippen molar-refractivity contribution in [2.75, 3.05) is 0 Å². The standard InChI is InChI=1S/C30H24N4/c31-29(33-30-24(16-9-19-32-30)21-10-2-1-3-11-21)22-12-8-13-23(20-22)34-27-17-6-4-14-25(27)26-15-5-7-18-28(26)34/h2,4-20H,1,3H2,(H2,31,32,33). The van der Waals surface area contributed by atoms with Gasteiger partial charge in [-0.2, -0.15) is 0 Å². The number of aromatic amines is 1. The Bertz CT molecular complexity index is 1620. The second kappa shape index (κ2) is 8.49. The van der Waals surface area contributed by atoms with Gasteiger partial charge in [0.1, 0.15) is 5.49 Å². The Morgan fingerprint density at radius 3 is 2.32 bits per heavy atom. The quantitative estimate of drug-likeness (QED) is 0.230. The fourth-order valence-electron chi connectivity index (χ4n) is 4.74. The first kappa shape index (κ1) is 20.2. The molecule has 164 valence electrons. The summed E-state index contributed by atoms with van der Waals surface area (Å²) in [6.45, 7) is 0. The predicted octanol–water partition coefficient (Wildman–Crippen LogP) is 6.77. The van der Waals surface area contributed by atoms with Gasteiger partial charge in [-0.1, -0.05) is 66.8 Å². The lowest BCUT2D eigenvalue weighted by Crippen LogP contribution is -2.16. The molecule has 1 aliphatic rings. The van der Waals surface area contributed by atoms with E-state index in [1.165, 1.54) is 10.8 Å². The monoisotopic (exact) mass is 440 g/mol. The molecule has 0 radical (unpaired) electrons. The minimum Gasteiger partial charge on any atom is -0.346 e. The van der Waals surface area contributed by atoms with E-state index in [0.29, 0.717) is 5.49 Å². The second-order valence-corrected chi connectivity index (χ2v) is 8.45. The number of benzene rings is 3. The summed E-state index contributed by atoms with van der Waals surface area (Å²) in [6, 6.07) is 29.0. The van der Waals surface area contributed by atoms with E-state index in [1.54, 1.807) is 0 Å². The molecular formula is C30H24N4. The Morgan fingerprint density at radius 1 is 0.824 bits per heavy atom. The number of allylic oxidation sites excluding steroid dienone is 4. The molecule has 0 amide bonds. The molecule has 4 heteroatoms. The molecule has 0 atom stereocenters. The van der Waals surface area contributed by atoms with Crippen molar-refractivity contribution < 1.29 is 0 Å². The van der Waals surface area contributed by atoms with Crippen molar-refractivity contribution in [3.63, 3.8) is 0 Å². The van der Waals surface area contributed by atoms with Gasteiger partial charge in [0.2, 0.25) is 0 Å². The van der Waals surface area contributed by atoms with Gasteiger partial charge in [-0.25, -0.2) is 4.99 Å². The fourth-order valence-corrected chi connectivity index (χ4v) is 4.74. The average molecular weight is 441 g/mol. The first-order valence-corrected chi connectivity index (χ1v) is 11.6. The van der Waals surface area contributed by atoms with Crippen LogP contribution in [-0.2, 0) is 0 Å². The summed E-state index contributed by atoms with van der Waals surface area (Å²) in [5, 5.41) is 11.2. The molecule has 5 aromatic rings. The molecule has 6 rings (SSSR count). The lowest BCUT2D eigenvalue weighted by Gasteiger charge is -2.10. The van der Waals surface area contributed by atoms with E-state index >= 15 is 0 Å². The van der Waals surface area contributed by atoms with Gasteiger partial charge >= 0.3 is 0 Å². The summed E-state index contributed by atoms with van der Waals surface area (Å²) in [6.07, 6.45) is 10.5. The van der Waals surface area contributed by atoms with Crippen LogP contribution >= 0.6 is 0 Å². The molecule has 2 N–H and O–H groups in total. The first-order chi connectivity index (χ1) is 16.8. The number of H-pyrrole nitrogens is 1. The van der Waals surface area contributed by atoms with Gasteiger partial charge < -0.3 is 9.55 Å². The largest absolute Gasteiger partial charge is 0.346 e. The molecule has 0 spiro atoms. The van der Waals surface area contributed by atoms with Crippen molar-refractivity contribution in [3.05, 3.63) is 126 Å². The van der Waals surface area contributed by atoms with Crippen molar-refractivity contribution in [2.24, 2.45) is 4.99 Å². The van der Waals surface area contributed by atoms with Crippen molar-refractivity contribution in [3.8, 4) is 5.69 Å². The summed E-state index contributed by atoms with van der Waals surface area (Å²) in [4.78, 5) is 7.93. The normalized spacial score (nSPS) is 14.0.